The maximum absolute atomic E-state index is 16.7. The third-order valence-corrected chi connectivity index (χ3v) is 7.67. The van der Waals surface area contributed by atoms with Crippen molar-refractivity contribution in [2.24, 2.45) is 22.7 Å². The number of ketones is 2. The lowest BCUT2D eigenvalue weighted by atomic mass is 9.45. The van der Waals surface area contributed by atoms with Gasteiger partial charge in [-0.25, -0.2) is 4.39 Å². The number of aliphatic hydroxyl groups is 2. The molecule has 140 valence electrons. The SMILES string of the molecule is CC12C[C@H](O)[C@@]3(F)[C@@H](CCC4=CC(=O)C=C[C@@]43C)[C@@H]1CC=C2C(=O)CO. The Labute approximate surface area is 152 Å². The summed E-state index contributed by atoms with van der Waals surface area (Å²) in [5.74, 6) is -0.963. The molecule has 2 N–H and O–H groups in total. The van der Waals surface area contributed by atoms with E-state index in [1.165, 1.54) is 12.2 Å². The van der Waals surface area contributed by atoms with Crippen LogP contribution in [0.15, 0.2) is 35.5 Å². The summed E-state index contributed by atoms with van der Waals surface area (Å²) in [4.78, 5) is 24.0. The average Bonchev–Trinajstić information content (AvgIpc) is 2.93. The van der Waals surface area contributed by atoms with Gasteiger partial charge < -0.3 is 10.2 Å². The van der Waals surface area contributed by atoms with Gasteiger partial charge in [0.15, 0.2) is 17.2 Å². The summed E-state index contributed by atoms with van der Waals surface area (Å²) in [6.45, 7) is 3.13. The molecule has 0 aromatic carbocycles. The molecule has 0 aliphatic heterocycles. The minimum absolute atomic E-state index is 0.0918. The molecule has 0 spiro atoms. The van der Waals surface area contributed by atoms with E-state index >= 15 is 4.39 Å². The normalized spacial score (nSPS) is 46.8. The van der Waals surface area contributed by atoms with Crippen LogP contribution < -0.4 is 0 Å². The van der Waals surface area contributed by atoms with Crippen molar-refractivity contribution in [1.82, 2.24) is 0 Å². The number of halogens is 1. The first-order valence-electron chi connectivity index (χ1n) is 9.34. The second-order valence-electron chi connectivity index (χ2n) is 8.70. The van der Waals surface area contributed by atoms with E-state index < -0.39 is 35.1 Å². The first-order valence-corrected chi connectivity index (χ1v) is 9.34. The number of aliphatic hydroxyl groups excluding tert-OH is 2. The largest absolute Gasteiger partial charge is 0.390 e. The molecule has 4 aliphatic carbocycles. The Morgan fingerprint density at radius 3 is 2.77 bits per heavy atom. The molecule has 1 unspecified atom stereocenters. The topological polar surface area (TPSA) is 74.6 Å². The van der Waals surface area contributed by atoms with Crippen LogP contribution in [0.25, 0.3) is 0 Å². The van der Waals surface area contributed by atoms with Gasteiger partial charge in [0.25, 0.3) is 0 Å². The summed E-state index contributed by atoms with van der Waals surface area (Å²) >= 11 is 0. The summed E-state index contributed by atoms with van der Waals surface area (Å²) in [6.07, 6.45) is 7.03. The van der Waals surface area contributed by atoms with E-state index in [4.69, 9.17) is 0 Å². The van der Waals surface area contributed by atoms with Gasteiger partial charge in [-0.05, 0) is 56.3 Å². The zero-order valence-electron chi connectivity index (χ0n) is 15.2. The van der Waals surface area contributed by atoms with E-state index in [2.05, 4.69) is 0 Å². The van der Waals surface area contributed by atoms with E-state index in [-0.39, 0.29) is 23.9 Å². The van der Waals surface area contributed by atoms with Crippen LogP contribution in [-0.2, 0) is 9.59 Å². The Hall–Kier alpha value is -1.59. The first-order chi connectivity index (χ1) is 12.2. The first kappa shape index (κ1) is 17.8. The molecule has 0 aromatic rings. The fraction of sp³-hybridized carbons (Fsp3) is 0.619. The predicted octanol–water partition coefficient (Wildman–Crippen LogP) is 2.45. The van der Waals surface area contributed by atoms with Crippen LogP contribution in [0.4, 0.5) is 4.39 Å². The lowest BCUT2D eigenvalue weighted by molar-refractivity contribution is -0.185. The summed E-state index contributed by atoms with van der Waals surface area (Å²) in [7, 11) is 0. The number of rotatable bonds is 2. The smallest absolute Gasteiger partial charge is 0.184 e. The zero-order valence-corrected chi connectivity index (χ0v) is 15.2. The maximum atomic E-state index is 16.7. The highest BCUT2D eigenvalue weighted by molar-refractivity contribution is 6.01. The highest BCUT2D eigenvalue weighted by Gasteiger charge is 2.69. The second-order valence-corrected chi connectivity index (χ2v) is 8.70. The van der Waals surface area contributed by atoms with E-state index in [1.54, 1.807) is 13.0 Å². The molecule has 5 heteroatoms. The van der Waals surface area contributed by atoms with Gasteiger partial charge in [0.1, 0.15) is 6.61 Å². The van der Waals surface area contributed by atoms with E-state index in [9.17, 15) is 19.8 Å². The number of hydrogen-bond acceptors (Lipinski definition) is 4. The van der Waals surface area contributed by atoms with E-state index in [1.807, 2.05) is 13.0 Å². The molecule has 26 heavy (non-hydrogen) atoms. The molecular weight excluding hydrogens is 335 g/mol. The van der Waals surface area contributed by atoms with Crippen molar-refractivity contribution in [3.63, 3.8) is 0 Å². The quantitative estimate of drug-likeness (QED) is 0.793. The van der Waals surface area contributed by atoms with Gasteiger partial charge >= 0.3 is 0 Å². The number of Topliss-reactive ketones (excluding diaryl/α,β-unsaturated/α-hetero) is 1. The molecule has 0 heterocycles. The molecule has 0 bridgehead atoms. The number of allylic oxidation sites excluding steroid dienone is 5. The molecule has 0 radical (unpaired) electrons. The molecule has 2 fully saturated rings. The fourth-order valence-electron chi connectivity index (χ4n) is 6.30. The maximum Gasteiger partial charge on any atom is 0.184 e. The van der Waals surface area contributed by atoms with Crippen LogP contribution in [0, 0.1) is 22.7 Å². The molecule has 2 saturated carbocycles. The Balaban J connectivity index is 1.79. The fourth-order valence-corrected chi connectivity index (χ4v) is 6.30. The number of carbonyl (C=O) groups excluding carboxylic acids is 2. The van der Waals surface area contributed by atoms with Crippen LogP contribution in [0.1, 0.15) is 39.5 Å². The van der Waals surface area contributed by atoms with Gasteiger partial charge in [0.05, 0.1) is 6.10 Å². The van der Waals surface area contributed by atoms with Crippen molar-refractivity contribution in [2.45, 2.75) is 51.3 Å². The highest BCUT2D eigenvalue weighted by atomic mass is 19.1. The number of fused-ring (bicyclic) bond motifs is 5. The molecule has 0 aromatic heterocycles. The minimum Gasteiger partial charge on any atom is -0.390 e. The van der Waals surface area contributed by atoms with Crippen molar-refractivity contribution in [2.75, 3.05) is 6.61 Å². The van der Waals surface area contributed by atoms with Crippen LogP contribution in [0.5, 0.6) is 0 Å². The van der Waals surface area contributed by atoms with Crippen LogP contribution in [0.3, 0.4) is 0 Å². The number of alkyl halides is 1. The molecule has 0 saturated heterocycles. The minimum atomic E-state index is -1.87. The zero-order chi connectivity index (χ0) is 18.9. The molecule has 4 aliphatic rings. The molecule has 4 nitrogen and oxygen atoms in total. The van der Waals surface area contributed by atoms with Gasteiger partial charge in [-0.2, -0.15) is 0 Å². The van der Waals surface area contributed by atoms with Gasteiger partial charge in [-0.1, -0.05) is 24.6 Å². The van der Waals surface area contributed by atoms with Crippen LogP contribution >= 0.6 is 0 Å². The van der Waals surface area contributed by atoms with E-state index in [0.29, 0.717) is 24.8 Å². The van der Waals surface area contributed by atoms with Crippen molar-refractivity contribution >= 4 is 11.6 Å². The Kier molecular flexibility index (Phi) is 3.74. The number of carbonyl (C=O) groups is 2. The molecule has 6 atom stereocenters. The molecular formula is C21H25FO4. The second kappa shape index (κ2) is 5.46. The Morgan fingerprint density at radius 1 is 1.35 bits per heavy atom. The Bertz CT molecular complexity index is 781. The summed E-state index contributed by atoms with van der Waals surface area (Å²) < 4.78 is 16.7. The summed E-state index contributed by atoms with van der Waals surface area (Å²) in [5.41, 5.74) is -2.21. The third-order valence-electron chi connectivity index (χ3n) is 7.67. The van der Waals surface area contributed by atoms with Gasteiger partial charge in [0, 0.05) is 16.7 Å². The third kappa shape index (κ3) is 1.96. The lowest BCUT2D eigenvalue weighted by Gasteiger charge is -2.61. The van der Waals surface area contributed by atoms with Crippen molar-refractivity contribution in [1.29, 1.82) is 0 Å². The average molecular weight is 360 g/mol. The molecule has 4 rings (SSSR count). The number of hydrogen-bond donors (Lipinski definition) is 2. The predicted molar refractivity (Wildman–Crippen MR) is 93.9 cm³/mol. The van der Waals surface area contributed by atoms with Gasteiger partial charge in [-0.3, -0.25) is 9.59 Å². The van der Waals surface area contributed by atoms with Crippen molar-refractivity contribution in [3.05, 3.63) is 35.5 Å². The molecule has 0 amide bonds. The summed E-state index contributed by atoms with van der Waals surface area (Å²) in [6, 6.07) is 0. The van der Waals surface area contributed by atoms with E-state index in [0.717, 1.165) is 5.57 Å². The Morgan fingerprint density at radius 2 is 2.08 bits per heavy atom. The van der Waals surface area contributed by atoms with Crippen molar-refractivity contribution < 1.29 is 24.2 Å². The monoisotopic (exact) mass is 360 g/mol. The lowest BCUT2D eigenvalue weighted by Crippen LogP contribution is -2.66. The van der Waals surface area contributed by atoms with Gasteiger partial charge in [-0.15, -0.1) is 0 Å². The van der Waals surface area contributed by atoms with Crippen LogP contribution in [-0.4, -0.2) is 40.2 Å². The van der Waals surface area contributed by atoms with Gasteiger partial charge in [0.2, 0.25) is 0 Å². The standard InChI is InChI=1S/C21H25FO4/c1-19-10-18(26)21(22)15(14(19)5-6-16(19)17(25)11-23)4-3-12-9-13(24)7-8-20(12,21)2/h6-9,14-15,18,23,26H,3-5,10-11H2,1-2H3/t14-,15-,18-,19?,20-,21-/m0/s1. The van der Waals surface area contributed by atoms with Crippen LogP contribution in [0.2, 0.25) is 0 Å². The summed E-state index contributed by atoms with van der Waals surface area (Å²) in [5, 5.41) is 20.3. The van der Waals surface area contributed by atoms with Crippen molar-refractivity contribution in [3.8, 4) is 0 Å². The highest BCUT2D eigenvalue weighted by Crippen LogP contribution is 2.67.